The van der Waals surface area contributed by atoms with E-state index in [4.69, 9.17) is 0 Å². The van der Waals surface area contributed by atoms with Crippen molar-refractivity contribution in [3.8, 4) is 0 Å². The van der Waals surface area contributed by atoms with Gasteiger partial charge in [0.2, 0.25) is 0 Å². The van der Waals surface area contributed by atoms with Crippen molar-refractivity contribution in [1.82, 2.24) is 24.9 Å². The van der Waals surface area contributed by atoms with Crippen LogP contribution >= 0.6 is 0 Å². The number of H-pyrrole nitrogens is 1. The Hall–Kier alpha value is -1.62. The Kier molecular flexibility index (Phi) is 4.39. The van der Waals surface area contributed by atoms with Crippen LogP contribution in [0, 0.1) is 12.8 Å². The Bertz CT molecular complexity index is 571. The number of aryl methyl sites for hydroxylation is 2. The zero-order chi connectivity index (χ0) is 14.7. The van der Waals surface area contributed by atoms with Crippen molar-refractivity contribution in [1.29, 1.82) is 0 Å². The van der Waals surface area contributed by atoms with Crippen molar-refractivity contribution in [2.75, 3.05) is 13.1 Å². The van der Waals surface area contributed by atoms with E-state index in [-0.39, 0.29) is 0 Å². The third-order valence-electron chi connectivity index (χ3n) is 4.45. The summed E-state index contributed by atoms with van der Waals surface area (Å²) in [6.07, 6.45) is 9.84. The maximum Gasteiger partial charge on any atom is 0.0534 e. The second kappa shape index (κ2) is 6.43. The van der Waals surface area contributed by atoms with Gasteiger partial charge in [-0.3, -0.25) is 14.7 Å². The molecule has 0 aliphatic carbocycles. The molecule has 114 valence electrons. The summed E-state index contributed by atoms with van der Waals surface area (Å²) in [5, 5.41) is 11.7. The van der Waals surface area contributed by atoms with E-state index in [1.54, 1.807) is 0 Å². The van der Waals surface area contributed by atoms with E-state index < -0.39 is 0 Å². The van der Waals surface area contributed by atoms with E-state index in [1.807, 2.05) is 17.1 Å². The molecule has 0 amide bonds. The number of nitrogens with one attached hydrogen (secondary N) is 1. The smallest absolute Gasteiger partial charge is 0.0534 e. The maximum absolute atomic E-state index is 4.37. The molecule has 0 radical (unpaired) electrons. The Balaban J connectivity index is 1.56. The fraction of sp³-hybridized carbons (Fsp3) is 0.625. The Morgan fingerprint density at radius 3 is 3.00 bits per heavy atom. The van der Waals surface area contributed by atoms with Gasteiger partial charge in [-0.25, -0.2) is 0 Å². The van der Waals surface area contributed by atoms with Crippen molar-refractivity contribution < 1.29 is 0 Å². The fourth-order valence-corrected chi connectivity index (χ4v) is 3.25. The highest BCUT2D eigenvalue weighted by molar-refractivity contribution is 5.14. The van der Waals surface area contributed by atoms with Crippen LogP contribution in [0.4, 0.5) is 0 Å². The molecule has 1 atom stereocenters. The minimum Gasteiger partial charge on any atom is -0.299 e. The first kappa shape index (κ1) is 14.3. The second-order valence-corrected chi connectivity index (χ2v) is 6.18. The predicted octanol–water partition coefficient (Wildman–Crippen LogP) is 2.39. The summed E-state index contributed by atoms with van der Waals surface area (Å²) < 4.78 is 2.00. The van der Waals surface area contributed by atoms with E-state index in [2.05, 4.69) is 40.2 Å². The van der Waals surface area contributed by atoms with Crippen LogP contribution in [0.5, 0.6) is 0 Å². The summed E-state index contributed by atoms with van der Waals surface area (Å²) >= 11 is 0. The molecule has 1 N–H and O–H groups in total. The van der Waals surface area contributed by atoms with Gasteiger partial charge in [-0.05, 0) is 51.1 Å². The van der Waals surface area contributed by atoms with Crippen LogP contribution in [0.15, 0.2) is 18.6 Å². The SMILES string of the molecule is CCn1cc(CN2CCC[C@H](Cc3[nH]ncc3C)C2)cn1. The topological polar surface area (TPSA) is 49.7 Å². The van der Waals surface area contributed by atoms with Gasteiger partial charge >= 0.3 is 0 Å². The molecule has 0 spiro atoms. The third kappa shape index (κ3) is 3.53. The lowest BCUT2D eigenvalue weighted by molar-refractivity contribution is 0.166. The molecule has 5 nitrogen and oxygen atoms in total. The van der Waals surface area contributed by atoms with Crippen molar-refractivity contribution in [2.24, 2.45) is 5.92 Å². The van der Waals surface area contributed by atoms with Gasteiger partial charge in [0.25, 0.3) is 0 Å². The van der Waals surface area contributed by atoms with Crippen LogP contribution in [-0.4, -0.2) is 38.0 Å². The van der Waals surface area contributed by atoms with Gasteiger partial charge in [0.15, 0.2) is 0 Å². The second-order valence-electron chi connectivity index (χ2n) is 6.18. The van der Waals surface area contributed by atoms with Gasteiger partial charge in [-0.2, -0.15) is 10.2 Å². The van der Waals surface area contributed by atoms with Crippen molar-refractivity contribution in [3.05, 3.63) is 35.4 Å². The van der Waals surface area contributed by atoms with Gasteiger partial charge in [0.05, 0.1) is 12.4 Å². The van der Waals surface area contributed by atoms with Crippen molar-refractivity contribution in [3.63, 3.8) is 0 Å². The molecule has 2 aromatic heterocycles. The molecule has 5 heteroatoms. The molecule has 0 unspecified atom stereocenters. The van der Waals surface area contributed by atoms with E-state index in [0.29, 0.717) is 0 Å². The average molecular weight is 287 g/mol. The van der Waals surface area contributed by atoms with Gasteiger partial charge in [-0.1, -0.05) is 0 Å². The van der Waals surface area contributed by atoms with Crippen LogP contribution in [-0.2, 0) is 19.5 Å². The molecule has 0 aromatic carbocycles. The first-order chi connectivity index (χ1) is 10.2. The number of likely N-dealkylation sites (tertiary alicyclic amines) is 1. The third-order valence-corrected chi connectivity index (χ3v) is 4.45. The summed E-state index contributed by atoms with van der Waals surface area (Å²) in [7, 11) is 0. The van der Waals surface area contributed by atoms with E-state index in [0.717, 1.165) is 25.4 Å². The molecule has 1 fully saturated rings. The number of aromatic nitrogens is 4. The Morgan fingerprint density at radius 2 is 2.29 bits per heavy atom. The molecule has 1 aliphatic rings. The number of piperidine rings is 1. The predicted molar refractivity (Wildman–Crippen MR) is 82.9 cm³/mol. The monoisotopic (exact) mass is 287 g/mol. The number of hydrogen-bond acceptors (Lipinski definition) is 3. The molecule has 3 rings (SSSR count). The zero-order valence-corrected chi connectivity index (χ0v) is 13.0. The Morgan fingerprint density at radius 1 is 1.38 bits per heavy atom. The largest absolute Gasteiger partial charge is 0.299 e. The molecule has 0 saturated carbocycles. The Labute approximate surface area is 126 Å². The number of rotatable bonds is 5. The van der Waals surface area contributed by atoms with Crippen molar-refractivity contribution >= 4 is 0 Å². The molecular weight excluding hydrogens is 262 g/mol. The minimum atomic E-state index is 0.735. The van der Waals surface area contributed by atoms with Crippen LogP contribution in [0.3, 0.4) is 0 Å². The van der Waals surface area contributed by atoms with Crippen molar-refractivity contribution in [2.45, 2.75) is 46.2 Å². The van der Waals surface area contributed by atoms with Gasteiger partial charge < -0.3 is 0 Å². The zero-order valence-electron chi connectivity index (χ0n) is 13.0. The lowest BCUT2D eigenvalue weighted by atomic mass is 9.92. The lowest BCUT2D eigenvalue weighted by Gasteiger charge is -2.32. The van der Waals surface area contributed by atoms with Crippen LogP contribution < -0.4 is 0 Å². The molecule has 2 aromatic rings. The normalized spacial score (nSPS) is 20.0. The van der Waals surface area contributed by atoms with Crippen LogP contribution in [0.25, 0.3) is 0 Å². The van der Waals surface area contributed by atoms with E-state index in [9.17, 15) is 0 Å². The molecule has 1 saturated heterocycles. The molecule has 21 heavy (non-hydrogen) atoms. The van der Waals surface area contributed by atoms with E-state index >= 15 is 0 Å². The number of nitrogens with zero attached hydrogens (tertiary/aromatic N) is 4. The molecular formula is C16H25N5. The minimum absolute atomic E-state index is 0.735. The highest BCUT2D eigenvalue weighted by atomic mass is 15.3. The summed E-state index contributed by atoms with van der Waals surface area (Å²) in [6, 6.07) is 0. The average Bonchev–Trinajstić information content (AvgIpc) is 3.09. The van der Waals surface area contributed by atoms with E-state index in [1.165, 1.54) is 42.8 Å². The summed E-state index contributed by atoms with van der Waals surface area (Å²) in [6.45, 7) is 8.62. The summed E-state index contributed by atoms with van der Waals surface area (Å²) in [5.41, 5.74) is 3.92. The fourth-order valence-electron chi connectivity index (χ4n) is 3.25. The van der Waals surface area contributed by atoms with Gasteiger partial charge in [0, 0.05) is 37.1 Å². The highest BCUT2D eigenvalue weighted by Crippen LogP contribution is 2.22. The number of hydrogen-bond donors (Lipinski definition) is 1. The maximum atomic E-state index is 4.37. The van der Waals surface area contributed by atoms with Crippen LogP contribution in [0.2, 0.25) is 0 Å². The number of aromatic amines is 1. The highest BCUT2D eigenvalue weighted by Gasteiger charge is 2.21. The van der Waals surface area contributed by atoms with Gasteiger partial charge in [0.1, 0.15) is 0 Å². The standard InChI is InChI=1S/C16H25N5/c1-3-21-12-15(9-18-21)11-20-6-4-5-14(10-20)7-16-13(2)8-17-19-16/h8-9,12,14H,3-7,10-11H2,1-2H3,(H,17,19)/t14-/m1/s1. The molecule has 0 bridgehead atoms. The quantitative estimate of drug-likeness (QED) is 0.918. The lowest BCUT2D eigenvalue weighted by Crippen LogP contribution is -2.35. The molecule has 1 aliphatic heterocycles. The first-order valence-corrected chi connectivity index (χ1v) is 7.97. The first-order valence-electron chi connectivity index (χ1n) is 7.97. The van der Waals surface area contributed by atoms with Gasteiger partial charge in [-0.15, -0.1) is 0 Å². The summed E-state index contributed by atoms with van der Waals surface area (Å²) in [5.74, 6) is 0.735. The summed E-state index contributed by atoms with van der Waals surface area (Å²) in [4.78, 5) is 2.57. The molecule has 3 heterocycles. The van der Waals surface area contributed by atoms with Crippen LogP contribution in [0.1, 0.15) is 36.6 Å².